The van der Waals surface area contributed by atoms with Gasteiger partial charge in [-0.25, -0.2) is 14.4 Å². The number of nitrogens with two attached hydrogens (primary N) is 1. The molecule has 2 saturated heterocycles. The third kappa shape index (κ3) is 4.11. The van der Waals surface area contributed by atoms with Crippen molar-refractivity contribution in [3.63, 3.8) is 0 Å². The van der Waals surface area contributed by atoms with Gasteiger partial charge in [-0.05, 0) is 0 Å². The molecule has 150 valence electrons. The predicted octanol–water partition coefficient (Wildman–Crippen LogP) is 0.427. The second-order valence-electron chi connectivity index (χ2n) is 6.39. The van der Waals surface area contributed by atoms with Crippen molar-refractivity contribution in [1.29, 1.82) is 0 Å². The molecule has 2 aromatic heterocycles. The summed E-state index contributed by atoms with van der Waals surface area (Å²) in [7, 11) is 2.08. The van der Waals surface area contributed by atoms with Crippen LogP contribution in [-0.4, -0.2) is 77.5 Å². The summed E-state index contributed by atoms with van der Waals surface area (Å²) in [6, 6.07) is 0. The summed E-state index contributed by atoms with van der Waals surface area (Å²) < 4.78 is 25.0. The summed E-state index contributed by atoms with van der Waals surface area (Å²) in [4.78, 5) is 25.9. The summed E-state index contributed by atoms with van der Waals surface area (Å²) >= 11 is 0. The lowest BCUT2D eigenvalue weighted by atomic mass is 10.2. The number of ether oxygens (including phenoxy) is 2. The average molecular weight is 408 g/mol. The van der Waals surface area contributed by atoms with E-state index < -0.39 is 5.91 Å². The molecule has 2 aliphatic heterocycles. The number of hydrogen-bond acceptors (Lipinski definition) is 10. The van der Waals surface area contributed by atoms with Gasteiger partial charge in [0.2, 0.25) is 17.8 Å². The van der Waals surface area contributed by atoms with Gasteiger partial charge in [-0.1, -0.05) is 9.24 Å². The first kappa shape index (κ1) is 19.1. The third-order valence-electron chi connectivity index (χ3n) is 4.54. The third-order valence-corrected chi connectivity index (χ3v) is 4.85. The van der Waals surface area contributed by atoms with E-state index in [0.29, 0.717) is 75.9 Å². The first-order chi connectivity index (χ1) is 13.6. The van der Waals surface area contributed by atoms with Gasteiger partial charge in [-0.2, -0.15) is 15.0 Å². The molecule has 0 aromatic carbocycles. The normalized spacial score (nSPS) is 18.9. The number of nitrogens with zero attached hydrogens (tertiary/aromatic N) is 7. The van der Waals surface area contributed by atoms with E-state index in [9.17, 15) is 4.39 Å². The van der Waals surface area contributed by atoms with Gasteiger partial charge in [0.25, 0.3) is 0 Å². The molecule has 2 aromatic rings. The molecule has 28 heavy (non-hydrogen) atoms. The van der Waals surface area contributed by atoms with Crippen LogP contribution >= 0.6 is 9.24 Å². The van der Waals surface area contributed by atoms with Crippen molar-refractivity contribution in [3.8, 4) is 11.4 Å². The lowest BCUT2D eigenvalue weighted by molar-refractivity contribution is 0.121. The van der Waals surface area contributed by atoms with Gasteiger partial charge in [0, 0.05) is 32.4 Å². The predicted molar refractivity (Wildman–Crippen MR) is 105 cm³/mol. The first-order valence-corrected chi connectivity index (χ1v) is 9.72. The Kier molecular flexibility index (Phi) is 5.74. The van der Waals surface area contributed by atoms with E-state index in [2.05, 4.69) is 34.2 Å². The Morgan fingerprint density at radius 1 is 0.929 bits per heavy atom. The van der Waals surface area contributed by atoms with Gasteiger partial charge in [0.1, 0.15) is 0 Å². The van der Waals surface area contributed by atoms with Crippen LogP contribution in [0.15, 0.2) is 6.20 Å². The highest BCUT2D eigenvalue weighted by Gasteiger charge is 2.24. The molecule has 12 heteroatoms. The van der Waals surface area contributed by atoms with Crippen LogP contribution in [0.3, 0.4) is 0 Å². The zero-order chi connectivity index (χ0) is 19.5. The maximum Gasteiger partial charge on any atom is 0.230 e. The number of nitrogen functional groups attached to an aromatic ring is 1. The molecule has 4 rings (SSSR count). The highest BCUT2D eigenvalue weighted by atomic mass is 31.0. The minimum absolute atomic E-state index is 0.000267. The van der Waals surface area contributed by atoms with Crippen molar-refractivity contribution < 1.29 is 13.9 Å². The van der Waals surface area contributed by atoms with Crippen LogP contribution < -0.4 is 15.5 Å². The van der Waals surface area contributed by atoms with E-state index in [0.717, 1.165) is 0 Å². The van der Waals surface area contributed by atoms with E-state index in [-0.39, 0.29) is 11.6 Å². The fourth-order valence-corrected chi connectivity index (χ4v) is 3.33. The van der Waals surface area contributed by atoms with Gasteiger partial charge in [-0.15, -0.1) is 0 Å². The maximum atomic E-state index is 14.2. The molecular weight excluding hydrogens is 386 g/mol. The largest absolute Gasteiger partial charge is 0.378 e. The molecule has 0 saturated carbocycles. The van der Waals surface area contributed by atoms with Crippen LogP contribution in [0.5, 0.6) is 0 Å². The SMILES string of the molecule is Nc1ncc(-c2nc(N3CCOCC3)nc(N3CCOCC3)n2)c(C(F)P)n1. The smallest absolute Gasteiger partial charge is 0.230 e. The van der Waals surface area contributed by atoms with Gasteiger partial charge in [-0.3, -0.25) is 0 Å². The Morgan fingerprint density at radius 3 is 1.96 bits per heavy atom. The fourth-order valence-electron chi connectivity index (χ4n) is 3.08. The van der Waals surface area contributed by atoms with Crippen molar-refractivity contribution >= 4 is 27.1 Å². The summed E-state index contributed by atoms with van der Waals surface area (Å²) in [5.74, 6) is -0.0537. The molecule has 0 spiro atoms. The van der Waals surface area contributed by atoms with E-state index in [4.69, 9.17) is 15.2 Å². The Labute approximate surface area is 163 Å². The van der Waals surface area contributed by atoms with Crippen molar-refractivity contribution in [1.82, 2.24) is 24.9 Å². The van der Waals surface area contributed by atoms with Crippen molar-refractivity contribution in [2.24, 2.45) is 0 Å². The van der Waals surface area contributed by atoms with Crippen LogP contribution in [0.4, 0.5) is 22.2 Å². The molecule has 0 aliphatic carbocycles. The Bertz CT molecular complexity index is 794. The lowest BCUT2D eigenvalue weighted by Gasteiger charge is -2.30. The summed E-state index contributed by atoms with van der Waals surface area (Å²) in [6.07, 6.45) is 1.45. The molecule has 2 aliphatic rings. The maximum absolute atomic E-state index is 14.2. The quantitative estimate of drug-likeness (QED) is 0.714. The monoisotopic (exact) mass is 408 g/mol. The summed E-state index contributed by atoms with van der Waals surface area (Å²) in [5, 5.41) is 0. The van der Waals surface area contributed by atoms with Gasteiger partial charge in [0.05, 0.1) is 37.7 Å². The molecular formula is C16H22FN8O2P. The molecule has 2 N–H and O–H groups in total. The number of aromatic nitrogens is 5. The summed E-state index contributed by atoms with van der Waals surface area (Å²) in [5.41, 5.74) is 6.16. The highest BCUT2D eigenvalue weighted by Crippen LogP contribution is 2.32. The van der Waals surface area contributed by atoms with E-state index in [1.807, 2.05) is 9.80 Å². The molecule has 0 amide bonds. The molecule has 2 unspecified atom stereocenters. The van der Waals surface area contributed by atoms with Crippen LogP contribution in [0.2, 0.25) is 0 Å². The van der Waals surface area contributed by atoms with Gasteiger partial charge >= 0.3 is 0 Å². The Balaban J connectivity index is 1.79. The number of anilines is 3. The highest BCUT2D eigenvalue weighted by molar-refractivity contribution is 7.16. The number of morpholine rings is 2. The number of hydrogen-bond donors (Lipinski definition) is 1. The Hall–Kier alpha value is -2.23. The zero-order valence-electron chi connectivity index (χ0n) is 15.3. The van der Waals surface area contributed by atoms with Crippen LogP contribution in [-0.2, 0) is 9.47 Å². The van der Waals surface area contributed by atoms with Crippen LogP contribution in [0.25, 0.3) is 11.4 Å². The van der Waals surface area contributed by atoms with E-state index in [1.165, 1.54) is 6.20 Å². The van der Waals surface area contributed by atoms with E-state index >= 15 is 0 Å². The topological polar surface area (TPSA) is 115 Å². The van der Waals surface area contributed by atoms with Crippen molar-refractivity contribution in [2.75, 3.05) is 68.1 Å². The minimum Gasteiger partial charge on any atom is -0.378 e. The van der Waals surface area contributed by atoms with Gasteiger partial charge < -0.3 is 25.0 Å². The minimum atomic E-state index is -1.42. The first-order valence-electron chi connectivity index (χ1n) is 9.06. The second-order valence-corrected chi connectivity index (χ2v) is 6.97. The standard InChI is InChI=1S/C16H22FN8O2P/c17-12(28)11-10(9-19-14(18)20-11)13-21-15(24-1-5-26-6-2-24)23-16(22-13)25-3-7-27-8-4-25/h9,12H,1-8,28H2,(H2,18,19,20). The second kappa shape index (κ2) is 8.42. The molecule has 0 radical (unpaired) electrons. The van der Waals surface area contributed by atoms with Crippen LogP contribution in [0.1, 0.15) is 11.6 Å². The number of rotatable bonds is 4. The van der Waals surface area contributed by atoms with Gasteiger partial charge in [0.15, 0.2) is 11.7 Å². The lowest BCUT2D eigenvalue weighted by Crippen LogP contribution is -2.40. The number of alkyl halides is 1. The van der Waals surface area contributed by atoms with Crippen LogP contribution in [0, 0.1) is 0 Å². The average Bonchev–Trinajstić information content (AvgIpc) is 2.74. The molecule has 10 nitrogen and oxygen atoms in total. The molecule has 4 heterocycles. The van der Waals surface area contributed by atoms with Crippen molar-refractivity contribution in [2.45, 2.75) is 5.91 Å². The zero-order valence-corrected chi connectivity index (χ0v) is 16.4. The fraction of sp³-hybridized carbons (Fsp3) is 0.562. The molecule has 2 fully saturated rings. The van der Waals surface area contributed by atoms with E-state index in [1.54, 1.807) is 0 Å². The van der Waals surface area contributed by atoms with Crippen molar-refractivity contribution in [3.05, 3.63) is 11.9 Å². The number of halogens is 1. The Morgan fingerprint density at radius 2 is 1.46 bits per heavy atom. The summed E-state index contributed by atoms with van der Waals surface area (Å²) in [6.45, 7) is 5.09. The molecule has 2 atom stereocenters. The molecule has 0 bridgehead atoms.